The molecule has 3 heteroatoms. The molecule has 0 unspecified atom stereocenters. The number of rotatable bonds is 1. The molecule has 1 N–H and O–H groups in total. The summed E-state index contributed by atoms with van der Waals surface area (Å²) in [5.41, 5.74) is 4.87. The molecule has 3 aromatic rings. The van der Waals surface area contributed by atoms with Crippen LogP contribution in [0.4, 0.5) is 0 Å². The van der Waals surface area contributed by atoms with Crippen molar-refractivity contribution >= 4 is 10.9 Å². The Morgan fingerprint density at radius 1 is 1.19 bits per heavy atom. The summed E-state index contributed by atoms with van der Waals surface area (Å²) in [6, 6.07) is 8.70. The second-order valence-corrected chi connectivity index (χ2v) is 4.11. The van der Waals surface area contributed by atoms with Gasteiger partial charge >= 0.3 is 0 Å². The SMILES string of the molecule is Cc1cc2cc(-c3cn[nH]c3)ccc2n1C. The van der Waals surface area contributed by atoms with Gasteiger partial charge in [-0.25, -0.2) is 0 Å². The number of aromatic amines is 1. The summed E-state index contributed by atoms with van der Waals surface area (Å²) in [6.45, 7) is 2.12. The molecule has 0 aliphatic rings. The summed E-state index contributed by atoms with van der Waals surface area (Å²) in [6.07, 6.45) is 3.76. The van der Waals surface area contributed by atoms with Crippen molar-refractivity contribution < 1.29 is 0 Å². The maximum Gasteiger partial charge on any atom is 0.0565 e. The van der Waals surface area contributed by atoms with Gasteiger partial charge in [-0.05, 0) is 30.7 Å². The Labute approximate surface area is 93.7 Å². The number of aryl methyl sites for hydroxylation is 2. The molecule has 0 amide bonds. The van der Waals surface area contributed by atoms with Gasteiger partial charge in [-0.2, -0.15) is 5.10 Å². The number of hydrogen-bond acceptors (Lipinski definition) is 1. The van der Waals surface area contributed by atoms with Gasteiger partial charge in [-0.15, -0.1) is 0 Å². The highest BCUT2D eigenvalue weighted by Crippen LogP contribution is 2.25. The molecule has 3 nitrogen and oxygen atoms in total. The number of nitrogens with zero attached hydrogens (tertiary/aromatic N) is 2. The van der Waals surface area contributed by atoms with Crippen LogP contribution in [0.2, 0.25) is 0 Å². The summed E-state index contributed by atoms with van der Waals surface area (Å²) in [5.74, 6) is 0. The van der Waals surface area contributed by atoms with E-state index in [2.05, 4.69) is 53.0 Å². The van der Waals surface area contributed by atoms with Crippen LogP contribution >= 0.6 is 0 Å². The first-order valence-corrected chi connectivity index (χ1v) is 5.31. The summed E-state index contributed by atoms with van der Waals surface area (Å²) < 4.78 is 2.20. The van der Waals surface area contributed by atoms with Crippen LogP contribution in [0, 0.1) is 6.92 Å². The number of fused-ring (bicyclic) bond motifs is 1. The zero-order valence-electron chi connectivity index (χ0n) is 9.36. The van der Waals surface area contributed by atoms with E-state index in [1.165, 1.54) is 22.2 Å². The Bertz CT molecular complexity index is 633. The van der Waals surface area contributed by atoms with Crippen molar-refractivity contribution in [3.05, 3.63) is 42.4 Å². The smallest absolute Gasteiger partial charge is 0.0565 e. The lowest BCUT2D eigenvalue weighted by atomic mass is 10.1. The van der Waals surface area contributed by atoms with Gasteiger partial charge in [-0.1, -0.05) is 6.07 Å². The minimum absolute atomic E-state index is 1.13. The monoisotopic (exact) mass is 211 g/mol. The average Bonchev–Trinajstić information content (AvgIpc) is 2.88. The van der Waals surface area contributed by atoms with Crippen LogP contribution in [0.5, 0.6) is 0 Å². The lowest BCUT2D eigenvalue weighted by Gasteiger charge is -2.00. The lowest BCUT2D eigenvalue weighted by Crippen LogP contribution is -1.88. The second-order valence-electron chi connectivity index (χ2n) is 4.11. The van der Waals surface area contributed by atoms with Gasteiger partial charge in [0.05, 0.1) is 6.20 Å². The topological polar surface area (TPSA) is 33.6 Å². The van der Waals surface area contributed by atoms with E-state index in [0.29, 0.717) is 0 Å². The third kappa shape index (κ3) is 1.25. The maximum atomic E-state index is 3.97. The third-order valence-electron chi connectivity index (χ3n) is 3.11. The van der Waals surface area contributed by atoms with Crippen molar-refractivity contribution in [3.8, 4) is 11.1 Å². The van der Waals surface area contributed by atoms with E-state index >= 15 is 0 Å². The Balaban J connectivity index is 2.24. The minimum atomic E-state index is 1.13. The zero-order valence-corrected chi connectivity index (χ0v) is 9.36. The van der Waals surface area contributed by atoms with Crippen LogP contribution in [-0.2, 0) is 7.05 Å². The van der Waals surface area contributed by atoms with E-state index < -0.39 is 0 Å². The number of benzene rings is 1. The molecular formula is C13H13N3. The van der Waals surface area contributed by atoms with Crippen LogP contribution < -0.4 is 0 Å². The third-order valence-corrected chi connectivity index (χ3v) is 3.11. The molecule has 2 heterocycles. The maximum absolute atomic E-state index is 3.97. The second kappa shape index (κ2) is 3.23. The number of hydrogen-bond donors (Lipinski definition) is 1. The van der Waals surface area contributed by atoms with Crippen LogP contribution in [0.3, 0.4) is 0 Å². The van der Waals surface area contributed by atoms with Gasteiger partial charge in [-0.3, -0.25) is 5.10 Å². The van der Waals surface area contributed by atoms with Crippen molar-refractivity contribution in [3.63, 3.8) is 0 Å². The number of aromatic nitrogens is 3. The molecule has 80 valence electrons. The molecule has 0 saturated carbocycles. The fraction of sp³-hybridized carbons (Fsp3) is 0.154. The van der Waals surface area contributed by atoms with E-state index in [1.54, 1.807) is 0 Å². The molecule has 0 spiro atoms. The number of nitrogens with one attached hydrogen (secondary N) is 1. The fourth-order valence-electron chi connectivity index (χ4n) is 2.08. The largest absolute Gasteiger partial charge is 0.348 e. The van der Waals surface area contributed by atoms with Gasteiger partial charge in [0, 0.05) is 35.4 Å². The molecule has 2 aromatic heterocycles. The molecule has 0 aliphatic carbocycles. The Morgan fingerprint density at radius 2 is 2.06 bits per heavy atom. The molecule has 0 fully saturated rings. The van der Waals surface area contributed by atoms with Crippen molar-refractivity contribution in [2.45, 2.75) is 6.92 Å². The minimum Gasteiger partial charge on any atom is -0.348 e. The van der Waals surface area contributed by atoms with E-state index in [1.807, 2.05) is 12.4 Å². The van der Waals surface area contributed by atoms with Crippen molar-refractivity contribution in [1.82, 2.24) is 14.8 Å². The average molecular weight is 211 g/mol. The van der Waals surface area contributed by atoms with E-state index in [4.69, 9.17) is 0 Å². The Hall–Kier alpha value is -2.03. The van der Waals surface area contributed by atoms with E-state index in [9.17, 15) is 0 Å². The van der Waals surface area contributed by atoms with Crippen molar-refractivity contribution in [2.24, 2.45) is 7.05 Å². The van der Waals surface area contributed by atoms with Crippen LogP contribution in [0.15, 0.2) is 36.7 Å². The molecule has 16 heavy (non-hydrogen) atoms. The highest BCUT2D eigenvalue weighted by atomic mass is 15.1. The quantitative estimate of drug-likeness (QED) is 0.659. The summed E-state index contributed by atoms with van der Waals surface area (Å²) in [7, 11) is 2.09. The van der Waals surface area contributed by atoms with Gasteiger partial charge in [0.15, 0.2) is 0 Å². The molecule has 0 saturated heterocycles. The van der Waals surface area contributed by atoms with Gasteiger partial charge < -0.3 is 4.57 Å². The van der Waals surface area contributed by atoms with Crippen molar-refractivity contribution in [2.75, 3.05) is 0 Å². The summed E-state index contributed by atoms with van der Waals surface area (Å²) in [5, 5.41) is 8.09. The predicted molar refractivity (Wildman–Crippen MR) is 65.2 cm³/mol. The van der Waals surface area contributed by atoms with Crippen LogP contribution in [-0.4, -0.2) is 14.8 Å². The van der Waals surface area contributed by atoms with Crippen LogP contribution in [0.1, 0.15) is 5.69 Å². The summed E-state index contributed by atoms with van der Waals surface area (Å²) >= 11 is 0. The Morgan fingerprint density at radius 3 is 2.81 bits per heavy atom. The van der Waals surface area contributed by atoms with Gasteiger partial charge in [0.1, 0.15) is 0 Å². The van der Waals surface area contributed by atoms with E-state index in [0.717, 1.165) is 5.56 Å². The first-order valence-electron chi connectivity index (χ1n) is 5.31. The highest BCUT2D eigenvalue weighted by Gasteiger charge is 2.04. The van der Waals surface area contributed by atoms with Gasteiger partial charge in [0.2, 0.25) is 0 Å². The van der Waals surface area contributed by atoms with E-state index in [-0.39, 0.29) is 0 Å². The molecule has 3 rings (SSSR count). The van der Waals surface area contributed by atoms with Gasteiger partial charge in [0.25, 0.3) is 0 Å². The summed E-state index contributed by atoms with van der Waals surface area (Å²) in [4.78, 5) is 0. The molecule has 1 aromatic carbocycles. The molecule has 0 atom stereocenters. The molecular weight excluding hydrogens is 198 g/mol. The fourth-order valence-corrected chi connectivity index (χ4v) is 2.08. The predicted octanol–water partition coefficient (Wildman–Crippen LogP) is 2.88. The van der Waals surface area contributed by atoms with Crippen molar-refractivity contribution in [1.29, 1.82) is 0 Å². The first-order chi connectivity index (χ1) is 7.75. The molecule has 0 bridgehead atoms. The standard InChI is InChI=1S/C13H13N3/c1-9-5-11-6-10(12-7-14-15-8-12)3-4-13(11)16(9)2/h3-8H,1-2H3,(H,14,15). The molecule has 0 radical (unpaired) electrons. The first kappa shape index (κ1) is 9.21. The zero-order chi connectivity index (χ0) is 11.1. The lowest BCUT2D eigenvalue weighted by molar-refractivity contribution is 0.918. The van der Waals surface area contributed by atoms with Crippen LogP contribution in [0.25, 0.3) is 22.0 Å². The Kier molecular flexibility index (Phi) is 1.86. The molecule has 0 aliphatic heterocycles. The highest BCUT2D eigenvalue weighted by molar-refractivity contribution is 5.86. The normalized spacial score (nSPS) is 11.1. The number of H-pyrrole nitrogens is 1.